The normalized spacial score (nSPS) is 16.1. The number of nitrogens with zero attached hydrogens (tertiary/aromatic N) is 6. The molecule has 0 bridgehead atoms. The fourth-order valence-electron chi connectivity index (χ4n) is 11.3. The van der Waals surface area contributed by atoms with Crippen LogP contribution in [0, 0.1) is 0 Å². The van der Waals surface area contributed by atoms with Gasteiger partial charge in [-0.15, -0.1) is 13.7 Å². The topological polar surface area (TPSA) is 592 Å². The highest BCUT2D eigenvalue weighted by atomic mass is 32.3. The SMILES string of the molecule is CC(C)(C)S(F)(c1ccc(C(=O)NC[C@H](C(=O)N[C@@H](CCCCNC(=O)CCC(=O)NCCC[C@@H](NC(=O)CC[C@H](NC(=O)N[C@@H](CCC(=O)O)C(=O)O)C(=O)O)C(=O)O)C(=O)O)n2cc(CNC(=O)CCP(=O)(O)CN3CCN(CPCCC(=O)O)CCN(CP(=O)(O)CCC(=O)O)CC3)nn2)cc1)C(C)(C)C. The van der Waals surface area contributed by atoms with Crippen LogP contribution in [0.1, 0.15) is 154 Å². The number of unbranched alkanes of at least 4 members (excludes halogenated alkanes) is 1. The van der Waals surface area contributed by atoms with Crippen LogP contribution in [0.2, 0.25) is 0 Å². The number of rotatable bonds is 49. The van der Waals surface area contributed by atoms with Crippen molar-refractivity contribution in [3.63, 3.8) is 0 Å². The highest BCUT2D eigenvalue weighted by molar-refractivity contribution is 8.31. The van der Waals surface area contributed by atoms with Gasteiger partial charge >= 0.3 is 47.8 Å². The Kier molecular flexibility index (Phi) is 39.8. The average molecular weight is 1630 g/mol. The molecule has 0 aliphatic carbocycles. The number of hydrogen-bond donors (Lipinski definition) is 17. The monoisotopic (exact) mass is 1630 g/mol. The second kappa shape index (κ2) is 45.8. The predicted molar refractivity (Wildman–Crippen MR) is 395 cm³/mol. The van der Waals surface area contributed by atoms with Crippen molar-refractivity contribution in [1.82, 2.24) is 72.2 Å². The van der Waals surface area contributed by atoms with Crippen molar-refractivity contribution in [2.45, 2.75) is 183 Å². The first-order valence-corrected chi connectivity index (χ1v) is 42.2. The maximum Gasteiger partial charge on any atom is 0.326 e. The summed E-state index contributed by atoms with van der Waals surface area (Å²) in [6.45, 7) is 11.7. The summed E-state index contributed by atoms with van der Waals surface area (Å²) in [5.74, 6) is -14.1. The van der Waals surface area contributed by atoms with Gasteiger partial charge in [0.05, 0.1) is 31.7 Å². The zero-order valence-electron chi connectivity index (χ0n) is 61.9. The lowest BCUT2D eigenvalue weighted by Crippen LogP contribution is -2.51. The third-order valence-corrected chi connectivity index (χ3v) is 26.2. The molecule has 0 saturated carbocycles. The fourth-order valence-corrected chi connectivity index (χ4v) is 19.5. The summed E-state index contributed by atoms with van der Waals surface area (Å²) in [5, 5.41) is 92.8. The Balaban J connectivity index is 1.62. The summed E-state index contributed by atoms with van der Waals surface area (Å²) in [4.78, 5) is 200. The number of halogens is 1. The third kappa shape index (κ3) is 36.0. The first kappa shape index (κ1) is 94.9. The lowest BCUT2D eigenvalue weighted by atomic mass is 10.1. The molecule has 1 aromatic heterocycles. The number of aliphatic carboxylic acids is 7. The largest absolute Gasteiger partial charge is 0.481 e. The quantitative estimate of drug-likeness (QED) is 0.0332. The van der Waals surface area contributed by atoms with Gasteiger partial charge in [0.2, 0.25) is 44.3 Å². The minimum Gasteiger partial charge on any atom is -0.481 e. The van der Waals surface area contributed by atoms with Crippen LogP contribution in [0.25, 0.3) is 0 Å². The Morgan fingerprint density at radius 1 is 0.523 bits per heavy atom. The first-order valence-electron chi connectivity index (χ1n) is 35.2. The van der Waals surface area contributed by atoms with Gasteiger partial charge in [-0.25, -0.2) is 28.7 Å². The summed E-state index contributed by atoms with van der Waals surface area (Å²) in [7, 11) is -10.8. The number of amides is 8. The Bertz CT molecular complexity index is 3550. The Morgan fingerprint density at radius 3 is 1.47 bits per heavy atom. The van der Waals surface area contributed by atoms with E-state index in [9.17, 15) is 106 Å². The van der Waals surface area contributed by atoms with E-state index < -0.39 is 206 Å². The molecule has 17 N–H and O–H groups in total. The van der Waals surface area contributed by atoms with Gasteiger partial charge in [0.25, 0.3) is 5.91 Å². The van der Waals surface area contributed by atoms with Gasteiger partial charge in [-0.05, 0) is 117 Å². The number of carbonyl (C=O) groups is 14. The van der Waals surface area contributed by atoms with Crippen LogP contribution in [-0.4, -0.2) is 288 Å². The van der Waals surface area contributed by atoms with Gasteiger partial charge in [-0.3, -0.25) is 67.0 Å². The summed E-state index contributed by atoms with van der Waals surface area (Å²) < 4.78 is 43.3. The van der Waals surface area contributed by atoms with Crippen LogP contribution in [0.3, 0.4) is 0 Å². The molecule has 1 fully saturated rings. The van der Waals surface area contributed by atoms with Crippen molar-refractivity contribution in [2.75, 3.05) is 96.2 Å². The lowest BCUT2D eigenvalue weighted by molar-refractivity contribution is -0.143. The van der Waals surface area contributed by atoms with Gasteiger partial charge in [0.15, 0.2) is 0 Å². The number of benzene rings is 1. The van der Waals surface area contributed by atoms with E-state index in [0.29, 0.717) is 37.0 Å². The van der Waals surface area contributed by atoms with Crippen molar-refractivity contribution in [2.24, 2.45) is 0 Å². The van der Waals surface area contributed by atoms with Crippen molar-refractivity contribution < 1.29 is 126 Å². The Hall–Kier alpha value is -8.29. The van der Waals surface area contributed by atoms with Crippen LogP contribution in [-0.2, 0) is 73.2 Å². The average Bonchev–Trinajstić information content (AvgIpc) is 0.940. The molecule has 1 aliphatic heterocycles. The number of carboxylic acid groups (broad SMARTS) is 7. The highest BCUT2D eigenvalue weighted by Gasteiger charge is 2.48. The van der Waals surface area contributed by atoms with E-state index in [-0.39, 0.29) is 123 Å². The van der Waals surface area contributed by atoms with Gasteiger partial charge in [-0.2, -0.15) is 3.89 Å². The number of urea groups is 1. The molecule has 0 spiro atoms. The molecular formula is C65H106FN14O25P3S. The summed E-state index contributed by atoms with van der Waals surface area (Å²) in [6.07, 6.45) is -3.36. The standard InChI is InChI=1S/C65H106FN14O25P3S/c1-64(2,3)109(66,65(4,5)6)44-14-12-42(13-15-44)57(91)70-37-49(80-38-43(75-76-80)36-69-52(83)23-34-107(102,103)40-78-29-27-77(39-106-33-22-55(87)88)28-30-79(32-31-78)41-108(104,105)35-24-56(89)90)58(92)72-46(60(95)96)10-7-8-25-67-50(81)19-20-51(82)68-26-9-11-45(59(93)94)71-53(84)18-16-47(61(97)98)73-63(101)74-48(62(99)100)17-21-54(85)86/h12-15,38,45-49,106H,7-11,16-37,39-41H2,1-6H3,(H,67,81)(H,68,82)(H,69,83)(H,70,91)(H,71,84)(H,72,92)(H,85,86)(H,87,88)(H,89,90)(H,93,94)(H,95,96)(H,97,98)(H,99,100)(H,102,103)(H,104,105)(H2,73,74,101)/t45-,46+,47+,48+,49-/m1/s1. The molecule has 0 radical (unpaired) electrons. The molecular weight excluding hydrogens is 1520 g/mol. The minimum atomic E-state index is -4.09. The molecule has 3 rings (SSSR count). The minimum absolute atomic E-state index is 0.0103. The van der Waals surface area contributed by atoms with E-state index in [1.165, 1.54) is 30.5 Å². The van der Waals surface area contributed by atoms with Crippen LogP contribution in [0.4, 0.5) is 8.68 Å². The van der Waals surface area contributed by atoms with E-state index >= 15 is 3.89 Å². The highest BCUT2D eigenvalue weighted by Crippen LogP contribution is 2.74. The maximum atomic E-state index is 17.1. The predicted octanol–water partition coefficient (Wildman–Crippen LogP) is 1.81. The second-order valence-corrected chi connectivity index (χ2v) is 38.2. The van der Waals surface area contributed by atoms with E-state index in [4.69, 9.17) is 15.3 Å². The zero-order chi connectivity index (χ0) is 82.0. The van der Waals surface area contributed by atoms with Crippen LogP contribution >= 0.6 is 33.7 Å². The van der Waals surface area contributed by atoms with Gasteiger partial charge in [0, 0.05) is 136 Å². The molecule has 2 heterocycles. The number of nitrogens with one attached hydrogen (secondary N) is 8. The van der Waals surface area contributed by atoms with Crippen LogP contribution < -0.4 is 42.5 Å². The summed E-state index contributed by atoms with van der Waals surface area (Å²) in [6, 6.07) is -3.28. The number of aromatic nitrogens is 3. The van der Waals surface area contributed by atoms with Crippen LogP contribution in [0.15, 0.2) is 35.4 Å². The lowest BCUT2D eigenvalue weighted by Gasteiger charge is -2.52. The molecule has 1 saturated heterocycles. The second-order valence-electron chi connectivity index (χ2n) is 28.0. The maximum absolute atomic E-state index is 17.1. The van der Waals surface area contributed by atoms with Crippen molar-refractivity contribution in [3.8, 4) is 0 Å². The molecule has 2 aromatic rings. The first-order chi connectivity index (χ1) is 50.8. The molecule has 109 heavy (non-hydrogen) atoms. The van der Waals surface area contributed by atoms with Crippen molar-refractivity contribution in [3.05, 3.63) is 41.7 Å². The van der Waals surface area contributed by atoms with Crippen molar-refractivity contribution in [1.29, 1.82) is 0 Å². The molecule has 44 heteroatoms. The number of carbonyl (C=O) groups excluding carboxylic acids is 7. The van der Waals surface area contributed by atoms with Gasteiger partial charge in [0.1, 0.15) is 35.9 Å². The molecule has 1 aromatic carbocycles. The molecule has 8 amide bonds. The van der Waals surface area contributed by atoms with Crippen molar-refractivity contribution >= 4 is 117 Å². The number of hydrogen-bond acceptors (Lipinski definition) is 21. The van der Waals surface area contributed by atoms with Crippen LogP contribution in [0.5, 0.6) is 0 Å². The fraction of sp³-hybridized carbons (Fsp3) is 0.662. The summed E-state index contributed by atoms with van der Waals surface area (Å²) in [5.41, 5.74) is 0.159. The molecule has 39 nitrogen and oxygen atoms in total. The smallest absolute Gasteiger partial charge is 0.326 e. The van der Waals surface area contributed by atoms with E-state index in [1.54, 1.807) is 51.3 Å². The van der Waals surface area contributed by atoms with E-state index in [2.05, 4.69) is 42.2 Å². The molecule has 1 aliphatic rings. The molecule has 8 atom stereocenters. The third-order valence-electron chi connectivity index (χ3n) is 17.1. The van der Waals surface area contributed by atoms with Gasteiger partial charge in [-0.1, -0.05) is 15.6 Å². The number of carboxylic acids is 7. The van der Waals surface area contributed by atoms with E-state index in [1.807, 2.05) is 15.5 Å². The summed E-state index contributed by atoms with van der Waals surface area (Å²) >= 11 is 0. The molecule has 3 unspecified atom stereocenters. The molecule has 614 valence electrons. The zero-order valence-corrected chi connectivity index (χ0v) is 65.5. The van der Waals surface area contributed by atoms with E-state index in [0.717, 1.165) is 4.68 Å². The van der Waals surface area contributed by atoms with Gasteiger partial charge < -0.3 is 88.1 Å². The Labute approximate surface area is 632 Å². The Morgan fingerprint density at radius 2 is 0.972 bits per heavy atom.